The first kappa shape index (κ1) is 15.4. The number of ether oxygens (including phenoxy) is 3. The minimum absolute atomic E-state index is 0.590. The van der Waals surface area contributed by atoms with Gasteiger partial charge in [-0.05, 0) is 35.9 Å². The number of hydrogen-bond acceptors (Lipinski definition) is 5. The number of hydrogen-bond donors (Lipinski definition) is 0. The van der Waals surface area contributed by atoms with Gasteiger partial charge in [-0.25, -0.2) is 4.98 Å². The maximum Gasteiger partial charge on any atom is 0.203 e. The largest absolute Gasteiger partial charge is 0.493 e. The molecule has 0 radical (unpaired) electrons. The van der Waals surface area contributed by atoms with Crippen LogP contribution in [0.2, 0.25) is 0 Å². The molecule has 0 bridgehead atoms. The number of aromatic nitrogens is 1. The zero-order valence-corrected chi connectivity index (χ0v) is 14.0. The van der Waals surface area contributed by atoms with Crippen molar-refractivity contribution in [3.8, 4) is 17.2 Å². The van der Waals surface area contributed by atoms with Gasteiger partial charge in [0.05, 0.1) is 31.5 Å². The van der Waals surface area contributed by atoms with Crippen LogP contribution in [0.1, 0.15) is 10.6 Å². The molecule has 0 N–H and O–H groups in total. The fraction of sp³-hybridized carbons (Fsp3) is 0.167. The Kier molecular flexibility index (Phi) is 4.48. The third-order valence-electron chi connectivity index (χ3n) is 3.42. The molecule has 0 aliphatic rings. The van der Waals surface area contributed by atoms with Gasteiger partial charge in [-0.3, -0.25) is 0 Å². The molecule has 5 heteroatoms. The highest BCUT2D eigenvalue weighted by Crippen LogP contribution is 2.38. The molecule has 1 aromatic heterocycles. The molecule has 0 atom stereocenters. The molecule has 3 aromatic rings. The standard InChI is InChI=1S/C18H17NO3S/c1-20-14-10-12(11-15(21-2)18(14)22-3)8-9-17-19-13-6-4-5-7-16(13)23-17/h4-11H,1-3H3/b9-8+. The number of fused-ring (bicyclic) bond motifs is 1. The van der Waals surface area contributed by atoms with E-state index in [9.17, 15) is 0 Å². The molecule has 1 heterocycles. The highest BCUT2D eigenvalue weighted by molar-refractivity contribution is 7.19. The highest BCUT2D eigenvalue weighted by Gasteiger charge is 2.12. The van der Waals surface area contributed by atoms with Crippen molar-refractivity contribution in [2.24, 2.45) is 0 Å². The number of nitrogens with zero attached hydrogens (tertiary/aromatic N) is 1. The van der Waals surface area contributed by atoms with Crippen molar-refractivity contribution >= 4 is 33.7 Å². The van der Waals surface area contributed by atoms with E-state index >= 15 is 0 Å². The lowest BCUT2D eigenvalue weighted by molar-refractivity contribution is 0.324. The fourth-order valence-corrected chi connectivity index (χ4v) is 3.20. The first-order chi connectivity index (χ1) is 11.2. The number of benzene rings is 2. The van der Waals surface area contributed by atoms with Gasteiger partial charge in [-0.15, -0.1) is 11.3 Å². The van der Waals surface area contributed by atoms with Gasteiger partial charge < -0.3 is 14.2 Å². The molecule has 0 unspecified atom stereocenters. The van der Waals surface area contributed by atoms with Crippen LogP contribution in [-0.2, 0) is 0 Å². The fourth-order valence-electron chi connectivity index (χ4n) is 2.33. The maximum absolute atomic E-state index is 5.37. The van der Waals surface area contributed by atoms with Crippen molar-refractivity contribution in [3.63, 3.8) is 0 Å². The molecule has 0 aliphatic heterocycles. The van der Waals surface area contributed by atoms with Crippen LogP contribution < -0.4 is 14.2 Å². The van der Waals surface area contributed by atoms with Crippen molar-refractivity contribution in [2.45, 2.75) is 0 Å². The Morgan fingerprint density at radius 3 is 2.22 bits per heavy atom. The van der Waals surface area contributed by atoms with E-state index in [2.05, 4.69) is 11.1 Å². The predicted octanol–water partition coefficient (Wildman–Crippen LogP) is 4.49. The summed E-state index contributed by atoms with van der Waals surface area (Å²) in [4.78, 5) is 4.59. The number of rotatable bonds is 5. The van der Waals surface area contributed by atoms with Crippen molar-refractivity contribution in [1.82, 2.24) is 4.98 Å². The summed E-state index contributed by atoms with van der Waals surface area (Å²) in [6, 6.07) is 11.9. The molecule has 0 aliphatic carbocycles. The summed E-state index contributed by atoms with van der Waals surface area (Å²) in [6.45, 7) is 0. The maximum atomic E-state index is 5.37. The Morgan fingerprint density at radius 2 is 1.61 bits per heavy atom. The Labute approximate surface area is 139 Å². The van der Waals surface area contributed by atoms with Gasteiger partial charge in [-0.1, -0.05) is 18.2 Å². The predicted molar refractivity (Wildman–Crippen MR) is 94.6 cm³/mol. The van der Waals surface area contributed by atoms with Crippen molar-refractivity contribution in [1.29, 1.82) is 0 Å². The molecule has 0 fully saturated rings. The van der Waals surface area contributed by atoms with Crippen LogP contribution in [-0.4, -0.2) is 26.3 Å². The highest BCUT2D eigenvalue weighted by atomic mass is 32.1. The van der Waals surface area contributed by atoms with E-state index in [0.29, 0.717) is 17.2 Å². The van der Waals surface area contributed by atoms with E-state index in [1.165, 1.54) is 4.70 Å². The molecule has 4 nitrogen and oxygen atoms in total. The second-order valence-corrected chi connectivity index (χ2v) is 5.87. The third kappa shape index (κ3) is 3.14. The van der Waals surface area contributed by atoms with Gasteiger partial charge in [0, 0.05) is 0 Å². The second-order valence-electron chi connectivity index (χ2n) is 4.81. The molecule has 0 amide bonds. The number of methoxy groups -OCH3 is 3. The molecule has 0 saturated carbocycles. The SMILES string of the molecule is COc1cc(/C=C/c2nc3ccccc3s2)cc(OC)c1OC. The van der Waals surface area contributed by atoms with Gasteiger partial charge in [0.15, 0.2) is 11.5 Å². The van der Waals surface area contributed by atoms with E-state index in [4.69, 9.17) is 14.2 Å². The van der Waals surface area contributed by atoms with Crippen LogP contribution in [0.5, 0.6) is 17.2 Å². The lowest BCUT2D eigenvalue weighted by atomic mass is 10.1. The normalized spacial score (nSPS) is 11.1. The monoisotopic (exact) mass is 327 g/mol. The summed E-state index contributed by atoms with van der Waals surface area (Å²) < 4.78 is 17.2. The van der Waals surface area contributed by atoms with Crippen LogP contribution in [0.4, 0.5) is 0 Å². The summed E-state index contributed by atoms with van der Waals surface area (Å²) >= 11 is 1.66. The van der Waals surface area contributed by atoms with Crippen LogP contribution in [0, 0.1) is 0 Å². The first-order valence-corrected chi connectivity index (χ1v) is 7.90. The average molecular weight is 327 g/mol. The quantitative estimate of drug-likeness (QED) is 0.692. The molecular formula is C18H17NO3S. The van der Waals surface area contributed by atoms with Gasteiger partial charge in [0.25, 0.3) is 0 Å². The van der Waals surface area contributed by atoms with E-state index in [1.807, 2.05) is 42.5 Å². The third-order valence-corrected chi connectivity index (χ3v) is 4.42. The summed E-state index contributed by atoms with van der Waals surface area (Å²) in [7, 11) is 4.81. The lowest BCUT2D eigenvalue weighted by Crippen LogP contribution is -1.95. The Hall–Kier alpha value is -2.53. The zero-order valence-electron chi connectivity index (χ0n) is 13.2. The van der Waals surface area contributed by atoms with Crippen LogP contribution in [0.25, 0.3) is 22.4 Å². The minimum Gasteiger partial charge on any atom is -0.493 e. The van der Waals surface area contributed by atoms with Crippen molar-refractivity contribution < 1.29 is 14.2 Å². The molecule has 0 saturated heterocycles. The molecule has 0 spiro atoms. The van der Waals surface area contributed by atoms with Crippen molar-refractivity contribution in [2.75, 3.05) is 21.3 Å². The van der Waals surface area contributed by atoms with Crippen LogP contribution in [0.3, 0.4) is 0 Å². The first-order valence-electron chi connectivity index (χ1n) is 7.09. The van der Waals surface area contributed by atoms with E-state index in [0.717, 1.165) is 16.1 Å². The van der Waals surface area contributed by atoms with Crippen LogP contribution in [0.15, 0.2) is 36.4 Å². The zero-order chi connectivity index (χ0) is 16.2. The minimum atomic E-state index is 0.590. The second kappa shape index (κ2) is 6.71. The molecule has 3 rings (SSSR count). The van der Waals surface area contributed by atoms with Crippen molar-refractivity contribution in [3.05, 3.63) is 47.0 Å². The summed E-state index contributed by atoms with van der Waals surface area (Å²) in [6.07, 6.45) is 3.98. The Balaban J connectivity index is 1.95. The molecular weight excluding hydrogens is 310 g/mol. The summed E-state index contributed by atoms with van der Waals surface area (Å²) in [5.41, 5.74) is 1.97. The topological polar surface area (TPSA) is 40.6 Å². The van der Waals surface area contributed by atoms with Gasteiger partial charge >= 0.3 is 0 Å². The van der Waals surface area contributed by atoms with Gasteiger partial charge in [-0.2, -0.15) is 0 Å². The number of thiazole rings is 1. The van der Waals surface area contributed by atoms with Gasteiger partial charge in [0.2, 0.25) is 5.75 Å². The number of para-hydroxylation sites is 1. The molecule has 2 aromatic carbocycles. The summed E-state index contributed by atoms with van der Waals surface area (Å²) in [5, 5.41) is 0.958. The summed E-state index contributed by atoms with van der Waals surface area (Å²) in [5.74, 6) is 1.86. The smallest absolute Gasteiger partial charge is 0.203 e. The molecule has 23 heavy (non-hydrogen) atoms. The lowest BCUT2D eigenvalue weighted by Gasteiger charge is -2.12. The van der Waals surface area contributed by atoms with E-state index in [1.54, 1.807) is 32.7 Å². The average Bonchev–Trinajstić information content (AvgIpc) is 3.01. The van der Waals surface area contributed by atoms with Crippen LogP contribution >= 0.6 is 11.3 Å². The van der Waals surface area contributed by atoms with Gasteiger partial charge in [0.1, 0.15) is 5.01 Å². The Morgan fingerprint density at radius 1 is 0.913 bits per heavy atom. The Bertz CT molecular complexity index is 796. The molecule has 118 valence electrons. The van der Waals surface area contributed by atoms with E-state index < -0.39 is 0 Å². The van der Waals surface area contributed by atoms with E-state index in [-0.39, 0.29) is 0 Å².